The number of nitrogens with one attached hydrogen (secondary N) is 1. The van der Waals surface area contributed by atoms with Gasteiger partial charge in [0.25, 0.3) is 5.91 Å². The molecule has 1 unspecified atom stereocenters. The number of ether oxygens (including phenoxy) is 2. The number of carbonyl (C=O) groups is 2. The third-order valence-electron chi connectivity index (χ3n) is 5.03. The van der Waals surface area contributed by atoms with Crippen LogP contribution in [-0.2, 0) is 9.53 Å². The molecule has 0 radical (unpaired) electrons. The molecule has 1 amide bonds. The van der Waals surface area contributed by atoms with Crippen LogP contribution in [0.25, 0.3) is 11.1 Å². The van der Waals surface area contributed by atoms with Crippen molar-refractivity contribution in [3.63, 3.8) is 0 Å². The van der Waals surface area contributed by atoms with E-state index in [1.54, 1.807) is 38.1 Å². The van der Waals surface area contributed by atoms with Crippen molar-refractivity contribution in [1.82, 2.24) is 0 Å². The summed E-state index contributed by atoms with van der Waals surface area (Å²) >= 11 is 13.6. The summed E-state index contributed by atoms with van der Waals surface area (Å²) in [5.74, 6) is -0.332. The van der Waals surface area contributed by atoms with E-state index in [-0.39, 0.29) is 12.5 Å². The highest BCUT2D eigenvalue weighted by molar-refractivity contribution is 7.17. The maximum atomic E-state index is 13.0. The fraction of sp³-hybridized carbons (Fsp3) is 0.280. The number of halogens is 2. The Morgan fingerprint density at radius 3 is 2.24 bits per heavy atom. The van der Waals surface area contributed by atoms with Gasteiger partial charge in [-0.3, -0.25) is 4.79 Å². The van der Waals surface area contributed by atoms with E-state index in [0.717, 1.165) is 21.6 Å². The minimum absolute atomic E-state index is 0.218. The maximum Gasteiger partial charge on any atom is 0.341 e. The van der Waals surface area contributed by atoms with Gasteiger partial charge in [0.05, 0.1) is 6.61 Å². The van der Waals surface area contributed by atoms with E-state index in [1.165, 1.54) is 11.3 Å². The average molecular weight is 506 g/mol. The molecule has 0 aliphatic carbocycles. The lowest BCUT2D eigenvalue weighted by atomic mass is 10.0. The molecule has 1 atom stereocenters. The van der Waals surface area contributed by atoms with E-state index >= 15 is 0 Å². The highest BCUT2D eigenvalue weighted by Gasteiger charge is 2.27. The SMILES string of the molecule is CCOC(=O)c1c(NC(=O)C(C)Oc2cc(C)c(Cl)c(C)c2)sc(C)c1-c1ccc(Cl)cc1. The van der Waals surface area contributed by atoms with Crippen LogP contribution in [0.4, 0.5) is 5.00 Å². The molecule has 1 aromatic heterocycles. The van der Waals surface area contributed by atoms with Crippen molar-refractivity contribution in [3.05, 3.63) is 68.0 Å². The smallest absolute Gasteiger partial charge is 0.341 e. The van der Waals surface area contributed by atoms with Gasteiger partial charge in [0.1, 0.15) is 16.3 Å². The second kappa shape index (κ2) is 10.6. The Kier molecular flexibility index (Phi) is 8.05. The summed E-state index contributed by atoms with van der Waals surface area (Å²) in [7, 11) is 0. The van der Waals surface area contributed by atoms with Gasteiger partial charge < -0.3 is 14.8 Å². The van der Waals surface area contributed by atoms with Crippen LogP contribution < -0.4 is 10.1 Å². The summed E-state index contributed by atoms with van der Waals surface area (Å²) in [6.45, 7) is 9.27. The molecule has 3 rings (SSSR count). The molecule has 1 heterocycles. The first-order valence-corrected chi connectivity index (χ1v) is 12.0. The van der Waals surface area contributed by atoms with Crippen LogP contribution in [0.15, 0.2) is 36.4 Å². The van der Waals surface area contributed by atoms with E-state index in [2.05, 4.69) is 5.32 Å². The summed E-state index contributed by atoms with van der Waals surface area (Å²) in [6.07, 6.45) is -0.804. The number of benzene rings is 2. The van der Waals surface area contributed by atoms with Crippen molar-refractivity contribution in [2.45, 2.75) is 40.7 Å². The van der Waals surface area contributed by atoms with Crippen molar-refractivity contribution in [3.8, 4) is 16.9 Å². The first-order chi connectivity index (χ1) is 15.6. The van der Waals surface area contributed by atoms with Crippen molar-refractivity contribution in [1.29, 1.82) is 0 Å². The van der Waals surface area contributed by atoms with Gasteiger partial charge in [0.15, 0.2) is 6.10 Å². The van der Waals surface area contributed by atoms with Crippen LogP contribution in [0.1, 0.15) is 40.2 Å². The summed E-state index contributed by atoms with van der Waals surface area (Å²) in [4.78, 5) is 26.7. The van der Waals surface area contributed by atoms with Crippen LogP contribution in [0.2, 0.25) is 10.0 Å². The van der Waals surface area contributed by atoms with E-state index in [1.807, 2.05) is 32.9 Å². The van der Waals surface area contributed by atoms with E-state index in [4.69, 9.17) is 32.7 Å². The number of anilines is 1. The lowest BCUT2D eigenvalue weighted by molar-refractivity contribution is -0.122. The topological polar surface area (TPSA) is 64.6 Å². The number of rotatable bonds is 7. The third-order valence-corrected chi connectivity index (χ3v) is 6.89. The molecule has 0 bridgehead atoms. The lowest BCUT2D eigenvalue weighted by Gasteiger charge is -2.16. The third kappa shape index (κ3) is 5.69. The molecule has 0 saturated carbocycles. The van der Waals surface area contributed by atoms with Gasteiger partial charge in [-0.15, -0.1) is 11.3 Å². The molecule has 2 aromatic carbocycles. The second-order valence-corrected chi connectivity index (χ2v) is 9.62. The zero-order chi connectivity index (χ0) is 24.3. The molecule has 0 spiro atoms. The van der Waals surface area contributed by atoms with Crippen LogP contribution in [0.5, 0.6) is 5.75 Å². The van der Waals surface area contributed by atoms with Gasteiger partial charge in [-0.2, -0.15) is 0 Å². The quantitative estimate of drug-likeness (QED) is 0.344. The highest BCUT2D eigenvalue weighted by atomic mass is 35.5. The number of aryl methyl sites for hydroxylation is 3. The van der Waals surface area contributed by atoms with Crippen LogP contribution in [-0.4, -0.2) is 24.6 Å². The van der Waals surface area contributed by atoms with Gasteiger partial charge in [-0.25, -0.2) is 4.79 Å². The van der Waals surface area contributed by atoms with E-state index in [0.29, 0.717) is 31.9 Å². The Hall–Kier alpha value is -2.54. The molecular weight excluding hydrogens is 481 g/mol. The van der Waals surface area contributed by atoms with Gasteiger partial charge >= 0.3 is 5.97 Å². The predicted molar refractivity (Wildman–Crippen MR) is 135 cm³/mol. The standard InChI is InChI=1S/C25H25Cl2NO4S/c1-6-31-25(30)21-20(17-7-9-18(26)10-8-17)16(5)33-24(21)28-23(29)15(4)32-19-11-13(2)22(27)14(3)12-19/h7-12,15H,6H2,1-5H3,(H,28,29). The molecule has 8 heteroatoms. The Morgan fingerprint density at radius 2 is 1.67 bits per heavy atom. The van der Waals surface area contributed by atoms with Gasteiger partial charge in [-0.05, 0) is 75.6 Å². The van der Waals surface area contributed by atoms with Gasteiger partial charge in [-0.1, -0.05) is 35.3 Å². The highest BCUT2D eigenvalue weighted by Crippen LogP contribution is 2.41. The van der Waals surface area contributed by atoms with Gasteiger partial charge in [0.2, 0.25) is 0 Å². The Balaban J connectivity index is 1.90. The summed E-state index contributed by atoms with van der Waals surface area (Å²) in [6, 6.07) is 10.8. The average Bonchev–Trinajstić information content (AvgIpc) is 3.08. The normalized spacial score (nSPS) is 11.7. The zero-order valence-corrected chi connectivity index (χ0v) is 21.4. The van der Waals surface area contributed by atoms with Crippen LogP contribution in [0, 0.1) is 20.8 Å². The number of esters is 1. The minimum atomic E-state index is -0.804. The lowest BCUT2D eigenvalue weighted by Crippen LogP contribution is -2.30. The number of hydrogen-bond acceptors (Lipinski definition) is 5. The molecule has 174 valence electrons. The van der Waals surface area contributed by atoms with Gasteiger partial charge in [0, 0.05) is 20.5 Å². The molecular formula is C25H25Cl2NO4S. The Bertz CT molecular complexity index is 1160. The Morgan fingerprint density at radius 1 is 1.06 bits per heavy atom. The number of thiophene rings is 1. The van der Waals surface area contributed by atoms with Crippen LogP contribution in [0.3, 0.4) is 0 Å². The first kappa shape index (κ1) is 25.1. The monoisotopic (exact) mass is 505 g/mol. The molecule has 0 aliphatic rings. The van der Waals surface area contributed by atoms with Crippen molar-refractivity contribution < 1.29 is 19.1 Å². The molecule has 5 nitrogen and oxygen atoms in total. The molecule has 0 aliphatic heterocycles. The second-order valence-electron chi connectivity index (χ2n) is 7.59. The summed E-state index contributed by atoms with van der Waals surface area (Å²) < 4.78 is 11.1. The van der Waals surface area contributed by atoms with Crippen molar-refractivity contribution >= 4 is 51.4 Å². The molecule has 0 saturated heterocycles. The van der Waals surface area contributed by atoms with Crippen molar-refractivity contribution in [2.24, 2.45) is 0 Å². The molecule has 1 N–H and O–H groups in total. The summed E-state index contributed by atoms with van der Waals surface area (Å²) in [5, 5.41) is 4.53. The number of carbonyl (C=O) groups excluding carboxylic acids is 2. The maximum absolute atomic E-state index is 13.0. The van der Waals surface area contributed by atoms with Crippen LogP contribution >= 0.6 is 34.5 Å². The largest absolute Gasteiger partial charge is 0.481 e. The van der Waals surface area contributed by atoms with Crippen molar-refractivity contribution in [2.75, 3.05) is 11.9 Å². The zero-order valence-electron chi connectivity index (χ0n) is 19.0. The number of amides is 1. The first-order valence-electron chi connectivity index (χ1n) is 10.4. The molecule has 33 heavy (non-hydrogen) atoms. The number of hydrogen-bond donors (Lipinski definition) is 1. The van der Waals surface area contributed by atoms with E-state index in [9.17, 15) is 9.59 Å². The molecule has 3 aromatic rings. The minimum Gasteiger partial charge on any atom is -0.481 e. The fourth-order valence-electron chi connectivity index (χ4n) is 3.44. The Labute approximate surface area is 207 Å². The molecule has 0 fully saturated rings. The van der Waals surface area contributed by atoms with E-state index < -0.39 is 12.1 Å². The fourth-order valence-corrected chi connectivity index (χ4v) is 4.74. The summed E-state index contributed by atoms with van der Waals surface area (Å²) in [5.41, 5.74) is 3.58. The predicted octanol–water partition coefficient (Wildman–Crippen LogP) is 7.23.